The van der Waals surface area contributed by atoms with Crippen LogP contribution < -0.4 is 5.32 Å². The lowest BCUT2D eigenvalue weighted by Gasteiger charge is -2.28. The van der Waals surface area contributed by atoms with Gasteiger partial charge in [-0.3, -0.25) is 0 Å². The van der Waals surface area contributed by atoms with Crippen molar-refractivity contribution < 1.29 is 9.52 Å². The van der Waals surface area contributed by atoms with Gasteiger partial charge >= 0.3 is 0 Å². The number of benzene rings is 1. The summed E-state index contributed by atoms with van der Waals surface area (Å²) in [6, 6.07) is 8.03. The Labute approximate surface area is 101 Å². The van der Waals surface area contributed by atoms with Crippen LogP contribution in [-0.2, 0) is 5.41 Å². The number of furan rings is 1. The van der Waals surface area contributed by atoms with Gasteiger partial charge < -0.3 is 14.8 Å². The molecule has 1 aromatic heterocycles. The van der Waals surface area contributed by atoms with E-state index in [4.69, 9.17) is 4.42 Å². The van der Waals surface area contributed by atoms with Crippen molar-refractivity contribution in [2.75, 3.05) is 19.7 Å². The second-order valence-corrected chi connectivity index (χ2v) is 4.67. The minimum absolute atomic E-state index is 0.128. The molecule has 1 heterocycles. The van der Waals surface area contributed by atoms with E-state index in [1.807, 2.05) is 18.2 Å². The van der Waals surface area contributed by atoms with Gasteiger partial charge in [0.25, 0.3) is 0 Å². The number of aliphatic hydroxyl groups excluding tert-OH is 1. The second-order valence-electron chi connectivity index (χ2n) is 4.67. The van der Waals surface area contributed by atoms with Crippen LogP contribution >= 0.6 is 0 Å². The summed E-state index contributed by atoms with van der Waals surface area (Å²) >= 11 is 0. The van der Waals surface area contributed by atoms with Gasteiger partial charge in [-0.05, 0) is 30.3 Å². The van der Waals surface area contributed by atoms with Crippen molar-refractivity contribution in [2.24, 2.45) is 0 Å². The van der Waals surface area contributed by atoms with E-state index in [0.29, 0.717) is 0 Å². The summed E-state index contributed by atoms with van der Waals surface area (Å²) in [6.45, 7) is 5.93. The van der Waals surface area contributed by atoms with Crippen molar-refractivity contribution in [3.05, 3.63) is 36.1 Å². The van der Waals surface area contributed by atoms with E-state index >= 15 is 0 Å². The molecule has 1 atom stereocenters. The molecular weight excluding hydrogens is 214 g/mol. The first-order valence-electron chi connectivity index (χ1n) is 5.99. The predicted octanol–water partition coefficient (Wildman–Crippen LogP) is 2.29. The Kier molecular flexibility index (Phi) is 3.50. The van der Waals surface area contributed by atoms with E-state index in [0.717, 1.165) is 29.6 Å². The van der Waals surface area contributed by atoms with Gasteiger partial charge in [0, 0.05) is 17.3 Å². The van der Waals surface area contributed by atoms with Gasteiger partial charge in [-0.2, -0.15) is 0 Å². The molecular formula is C14H19NO2. The third-order valence-corrected chi connectivity index (χ3v) is 3.26. The van der Waals surface area contributed by atoms with Crippen LogP contribution in [0.25, 0.3) is 11.0 Å². The lowest BCUT2D eigenvalue weighted by atomic mass is 9.82. The first kappa shape index (κ1) is 12.1. The van der Waals surface area contributed by atoms with Gasteiger partial charge in [-0.25, -0.2) is 0 Å². The summed E-state index contributed by atoms with van der Waals surface area (Å²) in [7, 11) is 0. The van der Waals surface area contributed by atoms with Crippen LogP contribution in [0.4, 0.5) is 0 Å². The minimum atomic E-state index is -0.249. The van der Waals surface area contributed by atoms with Gasteiger partial charge in [0.1, 0.15) is 5.58 Å². The maximum Gasteiger partial charge on any atom is 0.133 e. The van der Waals surface area contributed by atoms with E-state index in [2.05, 4.69) is 25.2 Å². The van der Waals surface area contributed by atoms with Gasteiger partial charge in [-0.15, -0.1) is 0 Å². The maximum atomic E-state index is 9.62. The zero-order chi connectivity index (χ0) is 12.3. The monoisotopic (exact) mass is 233 g/mol. The Morgan fingerprint density at radius 1 is 1.35 bits per heavy atom. The number of nitrogens with one attached hydrogen (secondary N) is 1. The van der Waals surface area contributed by atoms with E-state index < -0.39 is 0 Å². The first-order valence-corrected chi connectivity index (χ1v) is 5.99. The van der Waals surface area contributed by atoms with Crippen LogP contribution in [0.3, 0.4) is 0 Å². The smallest absolute Gasteiger partial charge is 0.133 e. The number of hydrogen-bond donors (Lipinski definition) is 2. The molecule has 0 fully saturated rings. The van der Waals surface area contributed by atoms with Crippen molar-refractivity contribution in [3.8, 4) is 0 Å². The van der Waals surface area contributed by atoms with E-state index in [1.165, 1.54) is 0 Å². The molecule has 92 valence electrons. The largest absolute Gasteiger partial charge is 0.464 e. The number of fused-ring (bicyclic) bond motifs is 1. The van der Waals surface area contributed by atoms with Crippen molar-refractivity contribution in [2.45, 2.75) is 19.3 Å². The van der Waals surface area contributed by atoms with Gasteiger partial charge in [0.15, 0.2) is 0 Å². The highest BCUT2D eigenvalue weighted by Gasteiger charge is 2.25. The molecule has 0 amide bonds. The fourth-order valence-corrected chi connectivity index (χ4v) is 1.99. The normalized spacial score (nSPS) is 15.0. The number of aliphatic hydroxyl groups is 1. The molecule has 3 nitrogen and oxygen atoms in total. The highest BCUT2D eigenvalue weighted by molar-refractivity contribution is 5.78. The van der Waals surface area contributed by atoms with Crippen LogP contribution in [0.1, 0.15) is 19.4 Å². The lowest BCUT2D eigenvalue weighted by Crippen LogP contribution is -2.38. The van der Waals surface area contributed by atoms with Crippen LogP contribution in [0, 0.1) is 0 Å². The topological polar surface area (TPSA) is 45.4 Å². The fourth-order valence-electron chi connectivity index (χ4n) is 1.99. The molecule has 0 saturated carbocycles. The average molecular weight is 233 g/mol. The Bertz CT molecular complexity index is 492. The third-order valence-electron chi connectivity index (χ3n) is 3.26. The molecule has 2 aromatic rings. The second kappa shape index (κ2) is 4.90. The molecule has 0 aliphatic rings. The Morgan fingerprint density at radius 3 is 2.88 bits per heavy atom. The quantitative estimate of drug-likeness (QED) is 0.833. The molecule has 0 saturated heterocycles. The summed E-state index contributed by atoms with van der Waals surface area (Å²) in [5.41, 5.74) is 1.77. The average Bonchev–Trinajstić information content (AvgIpc) is 2.83. The number of likely N-dealkylation sites (N-methyl/N-ethyl adjacent to an activating group) is 1. The predicted molar refractivity (Wildman–Crippen MR) is 69.2 cm³/mol. The van der Waals surface area contributed by atoms with E-state index in [-0.39, 0.29) is 12.0 Å². The molecule has 0 aliphatic carbocycles. The molecule has 0 aliphatic heterocycles. The van der Waals surface area contributed by atoms with Gasteiger partial charge in [-0.1, -0.05) is 19.9 Å². The van der Waals surface area contributed by atoms with Crippen LogP contribution in [-0.4, -0.2) is 24.8 Å². The Morgan fingerprint density at radius 2 is 2.18 bits per heavy atom. The minimum Gasteiger partial charge on any atom is -0.464 e. The molecule has 3 heteroatoms. The molecule has 1 aromatic carbocycles. The van der Waals surface area contributed by atoms with Crippen molar-refractivity contribution in [1.29, 1.82) is 0 Å². The molecule has 0 radical (unpaired) electrons. The lowest BCUT2D eigenvalue weighted by molar-refractivity contribution is 0.202. The van der Waals surface area contributed by atoms with Crippen LogP contribution in [0.2, 0.25) is 0 Å². The molecule has 1 unspecified atom stereocenters. The Hall–Kier alpha value is -1.32. The van der Waals surface area contributed by atoms with Crippen molar-refractivity contribution in [1.82, 2.24) is 5.32 Å². The highest BCUT2D eigenvalue weighted by Crippen LogP contribution is 2.26. The Balaban J connectivity index is 2.34. The first-order chi connectivity index (χ1) is 8.19. The third kappa shape index (κ3) is 2.35. The van der Waals surface area contributed by atoms with Gasteiger partial charge in [0.2, 0.25) is 0 Å². The standard InChI is InChI=1S/C14H19NO2/c1-3-15-9-14(2,10-16)12-4-5-13-11(8-12)6-7-17-13/h4-8,15-16H,3,9-10H2,1-2H3. The summed E-state index contributed by atoms with van der Waals surface area (Å²) in [5.74, 6) is 0. The zero-order valence-corrected chi connectivity index (χ0v) is 10.4. The maximum absolute atomic E-state index is 9.62. The summed E-state index contributed by atoms with van der Waals surface area (Å²) in [5, 5.41) is 14.0. The fraction of sp³-hybridized carbons (Fsp3) is 0.429. The van der Waals surface area contributed by atoms with E-state index in [1.54, 1.807) is 6.26 Å². The van der Waals surface area contributed by atoms with Crippen LogP contribution in [0.15, 0.2) is 34.9 Å². The highest BCUT2D eigenvalue weighted by atomic mass is 16.3. The molecule has 17 heavy (non-hydrogen) atoms. The van der Waals surface area contributed by atoms with E-state index in [9.17, 15) is 5.11 Å². The van der Waals surface area contributed by atoms with Crippen molar-refractivity contribution >= 4 is 11.0 Å². The molecule has 0 bridgehead atoms. The number of rotatable bonds is 5. The van der Waals surface area contributed by atoms with Crippen molar-refractivity contribution in [3.63, 3.8) is 0 Å². The SMILES string of the molecule is CCNCC(C)(CO)c1ccc2occc2c1. The summed E-state index contributed by atoms with van der Waals surface area (Å²) in [6.07, 6.45) is 1.69. The molecule has 2 rings (SSSR count). The molecule has 0 spiro atoms. The summed E-state index contributed by atoms with van der Waals surface area (Å²) in [4.78, 5) is 0. The van der Waals surface area contributed by atoms with Gasteiger partial charge in [0.05, 0.1) is 12.9 Å². The number of hydrogen-bond acceptors (Lipinski definition) is 3. The van der Waals surface area contributed by atoms with Crippen LogP contribution in [0.5, 0.6) is 0 Å². The molecule has 2 N–H and O–H groups in total. The zero-order valence-electron chi connectivity index (χ0n) is 10.4. The summed E-state index contributed by atoms with van der Waals surface area (Å²) < 4.78 is 5.32.